The van der Waals surface area contributed by atoms with Crippen molar-refractivity contribution in [3.05, 3.63) is 45.9 Å². The van der Waals surface area contributed by atoms with Crippen LogP contribution in [-0.4, -0.2) is 21.8 Å². The van der Waals surface area contributed by atoms with Crippen molar-refractivity contribution < 1.29 is 10.0 Å². The molecule has 0 bridgehead atoms. The zero-order chi connectivity index (χ0) is 13.8. The van der Waals surface area contributed by atoms with Gasteiger partial charge in [0.25, 0.3) is 5.91 Å². The van der Waals surface area contributed by atoms with Crippen molar-refractivity contribution in [2.45, 2.75) is 13.8 Å². The van der Waals surface area contributed by atoms with Gasteiger partial charge in [0.15, 0.2) is 0 Å². The second kappa shape index (κ2) is 5.62. The predicted molar refractivity (Wildman–Crippen MR) is 75.2 cm³/mol. The van der Waals surface area contributed by atoms with Crippen molar-refractivity contribution in [2.24, 2.45) is 5.16 Å². The summed E-state index contributed by atoms with van der Waals surface area (Å²) in [5.41, 5.74) is 2.41. The first-order chi connectivity index (χ1) is 9.10. The third-order valence-electron chi connectivity index (χ3n) is 2.56. The molecule has 2 aromatic rings. The van der Waals surface area contributed by atoms with Crippen LogP contribution in [0, 0.1) is 6.92 Å². The molecular formula is C13H13N3O2S. The number of aryl methyl sites for hydroxylation is 1. The molecule has 0 saturated carbocycles. The molecule has 1 aromatic heterocycles. The Balaban J connectivity index is 2.10. The summed E-state index contributed by atoms with van der Waals surface area (Å²) in [6.07, 6.45) is 0. The maximum Gasteiger partial charge on any atom is 0.275 e. The maximum atomic E-state index is 11.9. The van der Waals surface area contributed by atoms with E-state index in [9.17, 15) is 4.79 Å². The van der Waals surface area contributed by atoms with E-state index >= 15 is 0 Å². The Morgan fingerprint density at radius 1 is 1.37 bits per heavy atom. The standard InChI is InChI=1S/C13H13N3O2S/c1-8(16-18)10-3-5-11(6-4-10)15-13(17)12-7-19-9(2)14-12/h3-7,18H,1-2H3,(H,15,17). The predicted octanol–water partition coefficient (Wildman–Crippen LogP) is 2.90. The van der Waals surface area contributed by atoms with E-state index in [4.69, 9.17) is 5.21 Å². The molecule has 0 unspecified atom stereocenters. The van der Waals surface area contributed by atoms with Gasteiger partial charge in [-0.05, 0) is 31.5 Å². The Hall–Kier alpha value is -2.21. The van der Waals surface area contributed by atoms with Gasteiger partial charge in [-0.25, -0.2) is 4.98 Å². The van der Waals surface area contributed by atoms with Crippen molar-refractivity contribution in [3.8, 4) is 0 Å². The minimum atomic E-state index is -0.232. The quantitative estimate of drug-likeness (QED) is 0.514. The highest BCUT2D eigenvalue weighted by Gasteiger charge is 2.09. The molecule has 0 atom stereocenters. The van der Waals surface area contributed by atoms with Crippen molar-refractivity contribution in [2.75, 3.05) is 5.32 Å². The molecule has 19 heavy (non-hydrogen) atoms. The zero-order valence-electron chi connectivity index (χ0n) is 10.5. The van der Waals surface area contributed by atoms with Crippen molar-refractivity contribution in [1.29, 1.82) is 0 Å². The van der Waals surface area contributed by atoms with Crippen molar-refractivity contribution in [1.82, 2.24) is 4.98 Å². The van der Waals surface area contributed by atoms with Crippen molar-refractivity contribution >= 4 is 28.6 Å². The van der Waals surface area contributed by atoms with Gasteiger partial charge < -0.3 is 10.5 Å². The number of aromatic nitrogens is 1. The number of hydrogen-bond donors (Lipinski definition) is 2. The first-order valence-electron chi connectivity index (χ1n) is 5.62. The van der Waals surface area contributed by atoms with Gasteiger partial charge >= 0.3 is 0 Å². The fraction of sp³-hybridized carbons (Fsp3) is 0.154. The number of rotatable bonds is 3. The van der Waals surface area contributed by atoms with Crippen LogP contribution in [0.2, 0.25) is 0 Å². The summed E-state index contributed by atoms with van der Waals surface area (Å²) >= 11 is 1.44. The van der Waals surface area contributed by atoms with E-state index in [0.29, 0.717) is 17.1 Å². The summed E-state index contributed by atoms with van der Waals surface area (Å²) in [5.74, 6) is -0.232. The number of benzene rings is 1. The highest BCUT2D eigenvalue weighted by molar-refractivity contribution is 7.09. The maximum absolute atomic E-state index is 11.9. The third kappa shape index (κ3) is 3.17. The number of nitrogens with one attached hydrogen (secondary N) is 1. The Morgan fingerprint density at radius 3 is 2.58 bits per heavy atom. The number of thiazole rings is 1. The SMILES string of the molecule is CC(=NO)c1ccc(NC(=O)c2csc(C)n2)cc1. The topological polar surface area (TPSA) is 74.6 Å². The molecule has 0 aliphatic rings. The molecule has 2 N–H and O–H groups in total. The van der Waals surface area contributed by atoms with Gasteiger partial charge in [0.1, 0.15) is 5.69 Å². The van der Waals surface area contributed by atoms with E-state index in [2.05, 4.69) is 15.5 Å². The number of amides is 1. The minimum Gasteiger partial charge on any atom is -0.411 e. The Labute approximate surface area is 114 Å². The van der Waals surface area contributed by atoms with Crippen LogP contribution in [0.25, 0.3) is 0 Å². The van der Waals surface area contributed by atoms with Crippen LogP contribution in [0.4, 0.5) is 5.69 Å². The second-order valence-corrected chi connectivity index (χ2v) is 5.03. The summed E-state index contributed by atoms with van der Waals surface area (Å²) in [7, 11) is 0. The monoisotopic (exact) mass is 275 g/mol. The molecule has 1 heterocycles. The molecule has 2 rings (SSSR count). The Kier molecular flexibility index (Phi) is 3.91. The number of anilines is 1. The smallest absolute Gasteiger partial charge is 0.275 e. The van der Waals surface area contributed by atoms with Crippen LogP contribution in [0.5, 0.6) is 0 Å². The lowest BCUT2D eigenvalue weighted by Gasteiger charge is -2.04. The molecule has 0 radical (unpaired) electrons. The third-order valence-corrected chi connectivity index (χ3v) is 3.34. The molecule has 0 fully saturated rings. The van der Waals surface area contributed by atoms with Crippen LogP contribution in [0.1, 0.15) is 28.0 Å². The van der Waals surface area contributed by atoms with E-state index in [-0.39, 0.29) is 5.91 Å². The van der Waals surface area contributed by atoms with Crippen LogP contribution in [-0.2, 0) is 0 Å². The molecule has 6 heteroatoms. The number of hydrogen-bond acceptors (Lipinski definition) is 5. The van der Waals surface area contributed by atoms with Gasteiger partial charge in [-0.15, -0.1) is 11.3 Å². The fourth-order valence-corrected chi connectivity index (χ4v) is 2.11. The van der Waals surface area contributed by atoms with E-state index in [0.717, 1.165) is 10.6 Å². The minimum absolute atomic E-state index is 0.232. The summed E-state index contributed by atoms with van der Waals surface area (Å²) < 4.78 is 0. The molecule has 0 aliphatic carbocycles. The van der Waals surface area contributed by atoms with Gasteiger partial charge in [0.05, 0.1) is 10.7 Å². The Bertz CT molecular complexity index is 617. The highest BCUT2D eigenvalue weighted by atomic mass is 32.1. The van der Waals surface area contributed by atoms with Gasteiger partial charge in [0.2, 0.25) is 0 Å². The summed E-state index contributed by atoms with van der Waals surface area (Å²) in [6, 6.07) is 7.05. The largest absolute Gasteiger partial charge is 0.411 e. The molecule has 1 amide bonds. The van der Waals surface area contributed by atoms with Crippen LogP contribution in [0.15, 0.2) is 34.8 Å². The van der Waals surface area contributed by atoms with E-state index in [1.165, 1.54) is 11.3 Å². The first-order valence-corrected chi connectivity index (χ1v) is 6.50. The van der Waals surface area contributed by atoms with Crippen LogP contribution >= 0.6 is 11.3 Å². The lowest BCUT2D eigenvalue weighted by Crippen LogP contribution is -2.12. The average molecular weight is 275 g/mol. The normalized spacial score (nSPS) is 11.4. The van der Waals surface area contributed by atoms with Gasteiger partial charge in [-0.2, -0.15) is 0 Å². The summed E-state index contributed by atoms with van der Waals surface area (Å²) in [5, 5.41) is 17.1. The second-order valence-electron chi connectivity index (χ2n) is 3.97. The van der Waals surface area contributed by atoms with Gasteiger partial charge in [-0.1, -0.05) is 17.3 Å². The first kappa shape index (κ1) is 13.2. The lowest BCUT2D eigenvalue weighted by molar-refractivity contribution is 0.102. The average Bonchev–Trinajstić information content (AvgIpc) is 2.85. The molecular weight excluding hydrogens is 262 g/mol. The summed E-state index contributed by atoms with van der Waals surface area (Å²) in [4.78, 5) is 16.0. The molecule has 1 aromatic carbocycles. The number of nitrogens with zero attached hydrogens (tertiary/aromatic N) is 2. The molecule has 98 valence electrons. The van der Waals surface area contributed by atoms with E-state index in [1.54, 1.807) is 36.6 Å². The summed E-state index contributed by atoms with van der Waals surface area (Å²) in [6.45, 7) is 3.55. The van der Waals surface area contributed by atoms with Crippen molar-refractivity contribution in [3.63, 3.8) is 0 Å². The van der Waals surface area contributed by atoms with Crippen LogP contribution < -0.4 is 5.32 Å². The molecule has 5 nitrogen and oxygen atoms in total. The van der Waals surface area contributed by atoms with Gasteiger partial charge in [0, 0.05) is 11.1 Å². The molecule has 0 aliphatic heterocycles. The zero-order valence-corrected chi connectivity index (χ0v) is 11.4. The van der Waals surface area contributed by atoms with E-state index in [1.807, 2.05) is 6.92 Å². The number of oxime groups is 1. The number of carbonyl (C=O) groups is 1. The fourth-order valence-electron chi connectivity index (χ4n) is 1.52. The lowest BCUT2D eigenvalue weighted by atomic mass is 10.1. The highest BCUT2D eigenvalue weighted by Crippen LogP contribution is 2.13. The molecule has 0 spiro atoms. The molecule has 0 saturated heterocycles. The Morgan fingerprint density at radius 2 is 2.05 bits per heavy atom. The van der Waals surface area contributed by atoms with Crippen LogP contribution in [0.3, 0.4) is 0 Å². The van der Waals surface area contributed by atoms with E-state index < -0.39 is 0 Å². The van der Waals surface area contributed by atoms with Gasteiger partial charge in [-0.3, -0.25) is 4.79 Å². The number of carbonyl (C=O) groups excluding carboxylic acids is 1.